The zero-order chi connectivity index (χ0) is 24.7. The Labute approximate surface area is 195 Å². The molecule has 0 aliphatic carbocycles. The summed E-state index contributed by atoms with van der Waals surface area (Å²) in [6.45, 7) is 6.36. The van der Waals surface area contributed by atoms with Gasteiger partial charge in [-0.1, -0.05) is 18.7 Å². The summed E-state index contributed by atoms with van der Waals surface area (Å²) in [5.41, 5.74) is 2.56. The Morgan fingerprint density at radius 1 is 1.18 bits per heavy atom. The van der Waals surface area contributed by atoms with Gasteiger partial charge in [0.2, 0.25) is 5.91 Å². The Hall–Kier alpha value is -3.62. The van der Waals surface area contributed by atoms with Gasteiger partial charge < -0.3 is 14.4 Å². The van der Waals surface area contributed by atoms with Crippen molar-refractivity contribution in [2.45, 2.75) is 38.7 Å². The molecule has 2 aromatic rings. The van der Waals surface area contributed by atoms with Crippen LogP contribution in [-0.2, 0) is 11.2 Å². The highest BCUT2D eigenvalue weighted by Gasteiger charge is 2.31. The fraction of sp³-hybridized carbons (Fsp3) is 0.320. The molecular weight excluding hydrogens is 449 g/mol. The highest BCUT2D eigenvalue weighted by molar-refractivity contribution is 6.00. The molecule has 9 heteroatoms. The smallest absolute Gasteiger partial charge is 0.490 e. The van der Waals surface area contributed by atoms with Crippen LogP contribution in [0.1, 0.15) is 41.3 Å². The lowest BCUT2D eigenvalue weighted by Crippen LogP contribution is -2.42. The number of carbonyl (C=O) groups excluding carboxylic acids is 2. The minimum atomic E-state index is -4.75. The second kappa shape index (κ2) is 11.0. The third-order valence-corrected chi connectivity index (χ3v) is 5.44. The van der Waals surface area contributed by atoms with Crippen LogP contribution >= 0.6 is 0 Å². The van der Waals surface area contributed by atoms with Crippen LogP contribution in [0.2, 0.25) is 0 Å². The Bertz CT molecular complexity index is 1060. The van der Waals surface area contributed by atoms with Gasteiger partial charge in [-0.25, -0.2) is 0 Å². The molecule has 0 atom stereocenters. The topological polar surface area (TPSA) is 68.2 Å². The number of hydrogen-bond donors (Lipinski definition) is 0. The van der Waals surface area contributed by atoms with Crippen molar-refractivity contribution in [3.05, 3.63) is 71.9 Å². The van der Waals surface area contributed by atoms with Crippen molar-refractivity contribution in [1.82, 2.24) is 4.90 Å². The lowest BCUT2D eigenvalue weighted by atomic mass is 10.0. The number of aldehydes is 1. The van der Waals surface area contributed by atoms with Crippen LogP contribution in [0.3, 0.4) is 0 Å². The maximum absolute atomic E-state index is 12.6. The predicted octanol–water partition coefficient (Wildman–Crippen LogP) is 4.96. The zero-order valence-corrected chi connectivity index (χ0v) is 18.7. The van der Waals surface area contributed by atoms with E-state index in [-0.39, 0.29) is 24.2 Å². The molecule has 1 aliphatic rings. The van der Waals surface area contributed by atoms with Gasteiger partial charge in [-0.3, -0.25) is 14.6 Å². The van der Waals surface area contributed by atoms with Crippen molar-refractivity contribution in [2.24, 2.45) is 4.99 Å². The summed E-state index contributed by atoms with van der Waals surface area (Å²) < 4.78 is 46.7. The molecule has 2 aromatic carbocycles. The average Bonchev–Trinajstić information content (AvgIpc) is 2.80. The summed E-state index contributed by atoms with van der Waals surface area (Å²) in [6, 6.07) is 10.6. The van der Waals surface area contributed by atoms with Crippen LogP contribution in [0.15, 0.2) is 60.2 Å². The number of piperidine rings is 1. The molecular formula is C25H25F3N2O4. The van der Waals surface area contributed by atoms with Crippen molar-refractivity contribution < 1.29 is 32.2 Å². The minimum absolute atomic E-state index is 0.0835. The number of halogens is 3. The number of amides is 1. The molecule has 0 unspecified atom stereocenters. The van der Waals surface area contributed by atoms with Gasteiger partial charge in [-0.05, 0) is 48.4 Å². The van der Waals surface area contributed by atoms with E-state index in [4.69, 9.17) is 4.74 Å². The molecule has 3 rings (SSSR count). The molecule has 0 saturated carbocycles. The third-order valence-electron chi connectivity index (χ3n) is 5.44. The van der Waals surface area contributed by atoms with Crippen molar-refractivity contribution in [3.63, 3.8) is 0 Å². The van der Waals surface area contributed by atoms with E-state index in [9.17, 15) is 22.8 Å². The summed E-state index contributed by atoms with van der Waals surface area (Å²) >= 11 is 0. The summed E-state index contributed by atoms with van der Waals surface area (Å²) in [4.78, 5) is 30.0. The molecule has 0 aromatic heterocycles. The number of alkyl halides is 3. The van der Waals surface area contributed by atoms with E-state index in [1.807, 2.05) is 13.0 Å². The van der Waals surface area contributed by atoms with Gasteiger partial charge in [0.1, 0.15) is 17.6 Å². The van der Waals surface area contributed by atoms with E-state index in [2.05, 4.69) is 16.3 Å². The first-order valence-electron chi connectivity index (χ1n) is 10.7. The molecule has 6 nitrogen and oxygen atoms in total. The molecule has 180 valence electrons. The molecule has 0 bridgehead atoms. The molecule has 1 saturated heterocycles. The molecule has 0 radical (unpaired) electrons. The Morgan fingerprint density at radius 3 is 2.44 bits per heavy atom. The lowest BCUT2D eigenvalue weighted by Gasteiger charge is -2.32. The van der Waals surface area contributed by atoms with Gasteiger partial charge in [0, 0.05) is 37.8 Å². The van der Waals surface area contributed by atoms with Gasteiger partial charge in [-0.15, -0.1) is 13.2 Å². The molecule has 1 heterocycles. The quantitative estimate of drug-likeness (QED) is 0.401. The molecule has 1 amide bonds. The number of ether oxygens (including phenoxy) is 2. The number of hydrogen-bond acceptors (Lipinski definition) is 5. The maximum atomic E-state index is 12.6. The van der Waals surface area contributed by atoms with Crippen LogP contribution < -0.4 is 9.47 Å². The largest absolute Gasteiger partial charge is 0.573 e. The standard InChI is InChI=1S/C25H25F3N2O4/c1-3-29-17(2)19-6-9-23(20(15-19)16-31)33-21-10-12-30(13-11-21)24(32)14-18-4-7-22(8-5-18)34-25(26,27)28/h3-9,15-16,21H,1,10-14H2,2H3. The minimum Gasteiger partial charge on any atom is -0.490 e. The fourth-order valence-corrected chi connectivity index (χ4v) is 3.68. The van der Waals surface area contributed by atoms with Crippen LogP contribution in [0, 0.1) is 0 Å². The Morgan fingerprint density at radius 2 is 1.85 bits per heavy atom. The third kappa shape index (κ3) is 6.94. The summed E-state index contributed by atoms with van der Waals surface area (Å²) in [6.07, 6.45) is -1.44. The summed E-state index contributed by atoms with van der Waals surface area (Å²) in [5.74, 6) is 0.0430. The summed E-state index contributed by atoms with van der Waals surface area (Å²) in [7, 11) is 0. The van der Waals surface area contributed by atoms with Gasteiger partial charge in [0.25, 0.3) is 0 Å². The van der Waals surface area contributed by atoms with Crippen LogP contribution in [-0.4, -0.2) is 48.4 Å². The van der Waals surface area contributed by atoms with E-state index in [0.29, 0.717) is 42.8 Å². The second-order valence-electron chi connectivity index (χ2n) is 7.83. The monoisotopic (exact) mass is 474 g/mol. The SMILES string of the molecule is C=CN=C(C)c1ccc(OC2CCN(C(=O)Cc3ccc(OC(F)(F)F)cc3)CC2)c(C=O)c1. The van der Waals surface area contributed by atoms with Crippen molar-refractivity contribution >= 4 is 17.9 Å². The molecule has 0 spiro atoms. The van der Waals surface area contributed by atoms with Gasteiger partial charge in [0.05, 0.1) is 12.0 Å². The number of carbonyl (C=O) groups is 2. The summed E-state index contributed by atoms with van der Waals surface area (Å²) in [5, 5.41) is 0. The number of rotatable bonds is 8. The van der Waals surface area contributed by atoms with Crippen molar-refractivity contribution in [1.29, 1.82) is 0 Å². The second-order valence-corrected chi connectivity index (χ2v) is 7.83. The number of benzene rings is 2. The van der Waals surface area contributed by atoms with Crippen molar-refractivity contribution in [3.8, 4) is 11.5 Å². The highest BCUT2D eigenvalue weighted by atomic mass is 19.4. The van der Waals surface area contributed by atoms with Gasteiger partial charge >= 0.3 is 6.36 Å². The average molecular weight is 474 g/mol. The lowest BCUT2D eigenvalue weighted by molar-refractivity contribution is -0.274. The van der Waals surface area contributed by atoms with Crippen LogP contribution in [0.5, 0.6) is 11.5 Å². The van der Waals surface area contributed by atoms with E-state index in [1.165, 1.54) is 30.5 Å². The van der Waals surface area contributed by atoms with E-state index in [0.717, 1.165) is 17.6 Å². The van der Waals surface area contributed by atoms with E-state index >= 15 is 0 Å². The molecule has 1 aliphatic heterocycles. The van der Waals surface area contributed by atoms with Crippen molar-refractivity contribution in [2.75, 3.05) is 13.1 Å². The first-order chi connectivity index (χ1) is 16.2. The normalized spacial score (nSPS) is 15.1. The van der Waals surface area contributed by atoms with Gasteiger partial charge in [-0.2, -0.15) is 0 Å². The van der Waals surface area contributed by atoms with Gasteiger partial charge in [0.15, 0.2) is 6.29 Å². The zero-order valence-electron chi connectivity index (χ0n) is 18.7. The molecule has 1 fully saturated rings. The maximum Gasteiger partial charge on any atom is 0.573 e. The van der Waals surface area contributed by atoms with E-state index in [1.54, 1.807) is 17.0 Å². The molecule has 0 N–H and O–H groups in total. The Kier molecular flexibility index (Phi) is 8.09. The van der Waals surface area contributed by atoms with E-state index < -0.39 is 6.36 Å². The van der Waals surface area contributed by atoms with Crippen LogP contribution in [0.4, 0.5) is 13.2 Å². The number of aliphatic imine (C=N–C) groups is 1. The number of nitrogens with zero attached hydrogens (tertiary/aromatic N) is 2. The molecule has 34 heavy (non-hydrogen) atoms. The Balaban J connectivity index is 1.53. The highest BCUT2D eigenvalue weighted by Crippen LogP contribution is 2.25. The first kappa shape index (κ1) is 25.0. The number of likely N-dealkylation sites (tertiary alicyclic amines) is 1. The predicted molar refractivity (Wildman–Crippen MR) is 121 cm³/mol. The first-order valence-corrected chi connectivity index (χ1v) is 10.7. The fourth-order valence-electron chi connectivity index (χ4n) is 3.68. The van der Waals surface area contributed by atoms with Crippen LogP contribution in [0.25, 0.3) is 0 Å².